The third-order valence-corrected chi connectivity index (χ3v) is 2.68. The Morgan fingerprint density at radius 2 is 2.05 bits per heavy atom. The number of carbonyl (C=O) groups is 1. The minimum Gasteiger partial charge on any atom is -0.445 e. The van der Waals surface area contributed by atoms with Crippen LogP contribution in [0.1, 0.15) is 29.2 Å². The summed E-state index contributed by atoms with van der Waals surface area (Å²) in [6.45, 7) is 6.66. The second kappa shape index (κ2) is 9.57. The molecule has 0 fully saturated rings. The fourth-order valence-corrected chi connectivity index (χ4v) is 1.71. The summed E-state index contributed by atoms with van der Waals surface area (Å²) in [6.07, 6.45) is -0.528. The largest absolute Gasteiger partial charge is 0.445 e. The first-order chi connectivity index (χ1) is 10.7. The third-order valence-electron chi connectivity index (χ3n) is 2.68. The molecule has 0 saturated heterocycles. The molecule has 0 aliphatic heterocycles. The molecule has 0 atom stereocenters. The minimum absolute atomic E-state index is 0. The molecule has 0 unspecified atom stereocenters. The molecule has 0 saturated carbocycles. The topological polar surface area (TPSA) is 80.4 Å². The number of pyridine rings is 1. The first-order valence-electron chi connectivity index (χ1n) is 7.29. The fraction of sp³-hybridized carbons (Fsp3) is 0.375. The van der Waals surface area contributed by atoms with E-state index in [-0.39, 0.29) is 21.8 Å². The predicted molar refractivity (Wildman–Crippen MR) is 90.0 cm³/mol. The van der Waals surface area contributed by atoms with Crippen LogP contribution in [0.25, 0.3) is 10.9 Å². The Kier molecular flexibility index (Phi) is 7.70. The van der Waals surface area contributed by atoms with E-state index in [1.165, 1.54) is 6.07 Å². The van der Waals surface area contributed by atoms with Crippen molar-refractivity contribution in [2.75, 3.05) is 13.3 Å². The van der Waals surface area contributed by atoms with Crippen LogP contribution in [-0.4, -0.2) is 24.4 Å². The number of ether oxygens (including phenoxy) is 2. The summed E-state index contributed by atoms with van der Waals surface area (Å²) >= 11 is 0. The highest BCUT2D eigenvalue weighted by atomic mass is 16.6. The van der Waals surface area contributed by atoms with Gasteiger partial charge in [0.1, 0.15) is 13.3 Å². The summed E-state index contributed by atoms with van der Waals surface area (Å²) in [6, 6.07) is 8.64. The number of aromatic nitrogens is 1. The highest BCUT2D eigenvalue weighted by Crippen LogP contribution is 2.12. The first-order valence-corrected chi connectivity index (χ1v) is 7.29. The van der Waals surface area contributed by atoms with E-state index in [2.05, 4.69) is 10.3 Å². The molecule has 0 aliphatic rings. The zero-order valence-corrected chi connectivity index (χ0v) is 13.1. The molecule has 0 bridgehead atoms. The standard InChI is InChI=1S/C14H16N2O4.C2H6.2H2/c1-2-19-9-15-14(18)20-8-10-3-5-12-11(7-10)4-6-13(17)16-12;1-2;;/h3-7H,2,8-9H2,1H3,(H,15,18)(H,16,17);1-2H3;2*1H. The average molecular weight is 310 g/mol. The van der Waals surface area contributed by atoms with Crippen LogP contribution in [-0.2, 0) is 16.1 Å². The van der Waals surface area contributed by atoms with Gasteiger partial charge >= 0.3 is 6.09 Å². The van der Waals surface area contributed by atoms with Crippen LogP contribution in [0.3, 0.4) is 0 Å². The number of aromatic amines is 1. The number of carbonyl (C=O) groups excluding carboxylic acids is 1. The Labute approximate surface area is 132 Å². The minimum atomic E-state index is -0.528. The number of rotatable bonds is 5. The number of benzene rings is 1. The number of alkyl carbamates (subject to hydrolysis) is 1. The normalized spacial score (nSPS) is 9.77. The number of amides is 1. The van der Waals surface area contributed by atoms with Gasteiger partial charge in [-0.15, -0.1) is 0 Å². The van der Waals surface area contributed by atoms with Crippen molar-refractivity contribution in [1.82, 2.24) is 10.3 Å². The van der Waals surface area contributed by atoms with Gasteiger partial charge in [-0.3, -0.25) is 10.1 Å². The molecular formula is C16H26N2O4. The molecule has 6 heteroatoms. The van der Waals surface area contributed by atoms with Gasteiger partial charge in [-0.25, -0.2) is 4.79 Å². The van der Waals surface area contributed by atoms with Crippen LogP contribution < -0.4 is 10.9 Å². The second-order valence-electron chi connectivity index (χ2n) is 4.13. The van der Waals surface area contributed by atoms with Gasteiger partial charge in [-0.1, -0.05) is 19.9 Å². The van der Waals surface area contributed by atoms with Crippen LogP contribution in [0.2, 0.25) is 0 Å². The summed E-state index contributed by atoms with van der Waals surface area (Å²) in [5, 5.41) is 3.36. The maximum absolute atomic E-state index is 11.3. The Morgan fingerprint density at radius 1 is 1.27 bits per heavy atom. The summed E-state index contributed by atoms with van der Waals surface area (Å²) in [7, 11) is 0. The third kappa shape index (κ3) is 5.57. The lowest BCUT2D eigenvalue weighted by Gasteiger charge is -2.07. The van der Waals surface area contributed by atoms with E-state index in [0.29, 0.717) is 6.61 Å². The molecule has 1 amide bonds. The maximum Gasteiger partial charge on any atom is 0.409 e. The van der Waals surface area contributed by atoms with Gasteiger partial charge in [0.2, 0.25) is 5.56 Å². The second-order valence-corrected chi connectivity index (χ2v) is 4.13. The highest BCUT2D eigenvalue weighted by molar-refractivity contribution is 5.78. The summed E-state index contributed by atoms with van der Waals surface area (Å²) in [4.78, 5) is 25.2. The van der Waals surface area contributed by atoms with Gasteiger partial charge in [0.15, 0.2) is 0 Å². The number of fused-ring (bicyclic) bond motifs is 1. The van der Waals surface area contributed by atoms with Gasteiger partial charge in [0.25, 0.3) is 0 Å². The van der Waals surface area contributed by atoms with Crippen molar-refractivity contribution in [3.63, 3.8) is 0 Å². The molecule has 2 rings (SSSR count). The maximum atomic E-state index is 11.3. The van der Waals surface area contributed by atoms with E-state index in [9.17, 15) is 9.59 Å². The molecule has 0 spiro atoms. The van der Waals surface area contributed by atoms with Crippen LogP contribution >= 0.6 is 0 Å². The van der Waals surface area contributed by atoms with Crippen molar-refractivity contribution in [3.05, 3.63) is 46.2 Å². The lowest BCUT2D eigenvalue weighted by molar-refractivity contribution is 0.0988. The molecule has 22 heavy (non-hydrogen) atoms. The first kappa shape index (κ1) is 17.7. The smallest absolute Gasteiger partial charge is 0.409 e. The van der Waals surface area contributed by atoms with Crippen LogP contribution in [0.4, 0.5) is 4.79 Å². The Morgan fingerprint density at radius 3 is 2.77 bits per heavy atom. The zero-order valence-electron chi connectivity index (χ0n) is 13.1. The Balaban J connectivity index is 0. The van der Waals surface area contributed by atoms with Gasteiger partial charge < -0.3 is 14.5 Å². The molecule has 1 aromatic heterocycles. The Bertz CT molecular complexity index is 662. The SMILES string of the molecule is CC.CCOCNC(=O)OCc1ccc2[nH]c(=O)ccc2c1.[HH].[HH]. The average Bonchev–Trinajstić information content (AvgIpc) is 2.55. The number of hydrogen-bond acceptors (Lipinski definition) is 4. The van der Waals surface area contributed by atoms with Crippen molar-refractivity contribution in [2.24, 2.45) is 0 Å². The number of hydrogen-bond donors (Lipinski definition) is 2. The molecule has 124 valence electrons. The molecule has 0 aliphatic carbocycles. The molecule has 1 heterocycles. The van der Waals surface area contributed by atoms with Gasteiger partial charge in [-0.05, 0) is 36.1 Å². The van der Waals surface area contributed by atoms with E-state index in [1.807, 2.05) is 26.8 Å². The lowest BCUT2D eigenvalue weighted by Crippen LogP contribution is -2.26. The lowest BCUT2D eigenvalue weighted by atomic mass is 10.1. The molecule has 6 nitrogen and oxygen atoms in total. The summed E-state index contributed by atoms with van der Waals surface area (Å²) < 4.78 is 10.0. The molecular weight excluding hydrogens is 284 g/mol. The van der Waals surface area contributed by atoms with Crippen LogP contribution in [0.5, 0.6) is 0 Å². The van der Waals surface area contributed by atoms with Crippen molar-refractivity contribution < 1.29 is 17.1 Å². The number of nitrogens with one attached hydrogen (secondary N) is 2. The van der Waals surface area contributed by atoms with Gasteiger partial charge in [0, 0.05) is 21.0 Å². The quantitative estimate of drug-likeness (QED) is 0.656. The van der Waals surface area contributed by atoms with Crippen LogP contribution in [0.15, 0.2) is 35.1 Å². The molecule has 1 aromatic carbocycles. The summed E-state index contributed by atoms with van der Waals surface area (Å²) in [5.41, 5.74) is 1.45. The van der Waals surface area contributed by atoms with Gasteiger partial charge in [-0.2, -0.15) is 0 Å². The van der Waals surface area contributed by atoms with Crippen molar-refractivity contribution in [1.29, 1.82) is 0 Å². The molecule has 2 aromatic rings. The van der Waals surface area contributed by atoms with Crippen molar-refractivity contribution in [2.45, 2.75) is 27.4 Å². The van der Waals surface area contributed by atoms with Crippen molar-refractivity contribution in [3.8, 4) is 0 Å². The van der Waals surface area contributed by atoms with E-state index < -0.39 is 6.09 Å². The van der Waals surface area contributed by atoms with E-state index >= 15 is 0 Å². The fourth-order valence-electron chi connectivity index (χ4n) is 1.71. The number of H-pyrrole nitrogens is 1. The van der Waals surface area contributed by atoms with Gasteiger partial charge in [0.05, 0.1) is 0 Å². The van der Waals surface area contributed by atoms with Crippen LogP contribution in [0, 0.1) is 0 Å². The molecule has 0 radical (unpaired) electrons. The van der Waals surface area contributed by atoms with Crippen molar-refractivity contribution >= 4 is 17.0 Å². The van der Waals surface area contributed by atoms with E-state index in [0.717, 1.165) is 16.5 Å². The predicted octanol–water partition coefficient (Wildman–Crippen LogP) is 3.27. The van der Waals surface area contributed by atoms with E-state index in [1.54, 1.807) is 18.2 Å². The summed E-state index contributed by atoms with van der Waals surface area (Å²) in [5.74, 6) is 0. The zero-order chi connectivity index (χ0) is 16.4. The highest BCUT2D eigenvalue weighted by Gasteiger charge is 2.03. The Hall–Kier alpha value is -2.34. The van der Waals surface area contributed by atoms with E-state index in [4.69, 9.17) is 9.47 Å². The monoisotopic (exact) mass is 310 g/mol. The molecule has 2 N–H and O–H groups in total.